The number of hydrogen-bond donors (Lipinski definition) is 0. The molecule has 1 aliphatic carbocycles. The minimum atomic E-state index is -0.559. The molecule has 1 saturated carbocycles. The van der Waals surface area contributed by atoms with Gasteiger partial charge in [-0.25, -0.2) is 15.0 Å². The lowest BCUT2D eigenvalue weighted by atomic mass is 9.94. The summed E-state index contributed by atoms with van der Waals surface area (Å²) in [7, 11) is 2.12. The lowest BCUT2D eigenvalue weighted by Gasteiger charge is -2.27. The largest absolute Gasteiger partial charge is 0.377 e. The third-order valence-electron chi connectivity index (χ3n) is 9.86. The normalized spacial score (nSPS) is 23.6. The van der Waals surface area contributed by atoms with Crippen LogP contribution in [0.5, 0.6) is 0 Å². The van der Waals surface area contributed by atoms with E-state index in [1.165, 1.54) is 6.92 Å². The summed E-state index contributed by atoms with van der Waals surface area (Å²) >= 11 is 3.47. The standard InChI is InChI=1S/C35H38BrN7O4/c1-21(44)34-26-12-23(25-16-37-22(2)38-17-25)6-8-28(26)42(40-34)18-33(46)43-29-14-35(15-31(35)43)20-41(3)10-4-5-11-47-19-24-7-9-32(36)39-27(24)13-30(29)45/h6-9,12,16-17,29,31H,4-5,10-11,13-15,18-20H2,1-3H3/t29-,31+,35-/m0/s1. The molecule has 3 aromatic heterocycles. The summed E-state index contributed by atoms with van der Waals surface area (Å²) in [5.41, 5.74) is 4.12. The maximum absolute atomic E-state index is 14.3. The lowest BCUT2D eigenvalue weighted by molar-refractivity contribution is -0.139. The van der Waals surface area contributed by atoms with Gasteiger partial charge in [-0.05, 0) is 91.5 Å². The molecule has 3 atom stereocenters. The highest BCUT2D eigenvalue weighted by molar-refractivity contribution is 9.10. The molecule has 1 amide bonds. The molecule has 0 N–H and O–H groups in total. The van der Waals surface area contributed by atoms with Crippen LogP contribution in [-0.2, 0) is 33.9 Å². The molecule has 0 radical (unpaired) electrons. The molecule has 0 unspecified atom stereocenters. The van der Waals surface area contributed by atoms with Crippen LogP contribution in [0, 0.1) is 12.3 Å². The minimum Gasteiger partial charge on any atom is -0.377 e. The number of aryl methyl sites for hydroxylation is 1. The SMILES string of the molecule is CC(=O)c1nn(CC(=O)N2[C@H]3C[C@]4(C[C@@H]24)CN(C)CCCCOCc2ccc(Br)nc2CC3=O)c2ccc(-c3cnc(C)nc3)cc12. The Kier molecular flexibility index (Phi) is 8.52. The molecule has 244 valence electrons. The summed E-state index contributed by atoms with van der Waals surface area (Å²) in [4.78, 5) is 58.6. The fraction of sp³-hybridized carbons (Fsp3) is 0.457. The van der Waals surface area contributed by atoms with E-state index in [-0.39, 0.29) is 41.9 Å². The number of piperidine rings is 1. The number of benzene rings is 1. The van der Waals surface area contributed by atoms with Crippen LogP contribution >= 0.6 is 15.9 Å². The second-order valence-corrected chi connectivity index (χ2v) is 14.1. The number of aromatic nitrogens is 5. The molecule has 1 saturated heterocycles. The lowest BCUT2D eigenvalue weighted by Crippen LogP contribution is -2.45. The minimum absolute atomic E-state index is 0.0141. The van der Waals surface area contributed by atoms with Gasteiger partial charge in [0.2, 0.25) is 5.91 Å². The number of Topliss-reactive ketones (excluding diaryl/α,β-unsaturated/α-hetero) is 2. The number of ether oxygens (including phenoxy) is 1. The zero-order valence-corrected chi connectivity index (χ0v) is 28.5. The number of pyridine rings is 1. The molecule has 12 heteroatoms. The Hall–Kier alpha value is -3.87. The Bertz CT molecular complexity index is 1880. The van der Waals surface area contributed by atoms with Crippen LogP contribution in [0.25, 0.3) is 22.0 Å². The van der Waals surface area contributed by atoms with Crippen molar-refractivity contribution in [2.75, 3.05) is 26.7 Å². The second kappa shape index (κ2) is 12.6. The van der Waals surface area contributed by atoms with Gasteiger partial charge in [-0.1, -0.05) is 12.1 Å². The summed E-state index contributed by atoms with van der Waals surface area (Å²) in [5, 5.41) is 5.29. The Morgan fingerprint density at radius 3 is 2.68 bits per heavy atom. The van der Waals surface area contributed by atoms with E-state index in [0.717, 1.165) is 49.0 Å². The van der Waals surface area contributed by atoms with Crippen molar-refractivity contribution in [3.05, 3.63) is 70.1 Å². The first-order chi connectivity index (χ1) is 22.6. The van der Waals surface area contributed by atoms with E-state index >= 15 is 0 Å². The van der Waals surface area contributed by atoms with E-state index in [9.17, 15) is 14.4 Å². The van der Waals surface area contributed by atoms with Crippen molar-refractivity contribution >= 4 is 44.3 Å². The Morgan fingerprint density at radius 1 is 1.09 bits per heavy atom. The van der Waals surface area contributed by atoms with Crippen LogP contribution in [-0.4, -0.2) is 90.8 Å². The number of rotatable bonds is 4. The van der Waals surface area contributed by atoms with Crippen molar-refractivity contribution in [3.63, 3.8) is 0 Å². The maximum atomic E-state index is 14.3. The molecular weight excluding hydrogens is 662 g/mol. The van der Waals surface area contributed by atoms with E-state index in [1.54, 1.807) is 17.1 Å². The molecule has 1 aromatic carbocycles. The third-order valence-corrected chi connectivity index (χ3v) is 10.3. The van der Waals surface area contributed by atoms with Crippen molar-refractivity contribution < 1.29 is 19.1 Å². The summed E-state index contributed by atoms with van der Waals surface area (Å²) in [6.07, 6.45) is 7.09. The number of carbonyl (C=O) groups is 3. The average molecular weight is 701 g/mol. The van der Waals surface area contributed by atoms with Gasteiger partial charge < -0.3 is 14.5 Å². The summed E-state index contributed by atoms with van der Waals surface area (Å²) in [6, 6.07) is 8.96. The number of halogens is 1. The quantitative estimate of drug-likeness (QED) is 0.223. The topological polar surface area (TPSA) is 123 Å². The highest BCUT2D eigenvalue weighted by atomic mass is 79.9. The number of ketones is 2. The number of amides is 1. The third kappa shape index (κ3) is 6.26. The van der Waals surface area contributed by atoms with Crippen molar-refractivity contribution in [1.29, 1.82) is 0 Å². The molecule has 11 nitrogen and oxygen atoms in total. The number of nitrogens with zero attached hydrogens (tertiary/aromatic N) is 7. The van der Waals surface area contributed by atoms with E-state index in [2.05, 4.69) is 47.9 Å². The molecule has 47 heavy (non-hydrogen) atoms. The zero-order valence-electron chi connectivity index (χ0n) is 26.9. The maximum Gasteiger partial charge on any atom is 0.245 e. The van der Waals surface area contributed by atoms with Crippen molar-refractivity contribution in [2.45, 2.75) is 71.2 Å². The smallest absolute Gasteiger partial charge is 0.245 e. The first kappa shape index (κ1) is 31.7. The van der Waals surface area contributed by atoms with Crippen LogP contribution in [0.2, 0.25) is 0 Å². The van der Waals surface area contributed by atoms with Gasteiger partial charge in [-0.15, -0.1) is 0 Å². The van der Waals surface area contributed by atoms with Crippen LogP contribution < -0.4 is 0 Å². The predicted octanol–water partition coefficient (Wildman–Crippen LogP) is 4.58. The molecule has 2 bridgehead atoms. The summed E-state index contributed by atoms with van der Waals surface area (Å²) in [6.45, 7) is 6.04. The fourth-order valence-corrected chi connectivity index (χ4v) is 7.78. The Morgan fingerprint density at radius 2 is 1.89 bits per heavy atom. The summed E-state index contributed by atoms with van der Waals surface area (Å²) in [5.74, 6) is 0.297. The number of carbonyl (C=O) groups excluding carboxylic acids is 3. The predicted molar refractivity (Wildman–Crippen MR) is 179 cm³/mol. The zero-order chi connectivity index (χ0) is 32.9. The van der Waals surface area contributed by atoms with Gasteiger partial charge in [0.25, 0.3) is 0 Å². The first-order valence-electron chi connectivity index (χ1n) is 16.2. The number of fused-ring (bicyclic) bond motifs is 3. The molecule has 1 spiro atoms. The van der Waals surface area contributed by atoms with Gasteiger partial charge in [-0.3, -0.25) is 19.1 Å². The highest BCUT2D eigenvalue weighted by Gasteiger charge is 2.67. The number of hydrogen-bond acceptors (Lipinski definition) is 9. The van der Waals surface area contributed by atoms with Crippen molar-refractivity contribution in [1.82, 2.24) is 34.5 Å². The second-order valence-electron chi connectivity index (χ2n) is 13.3. The molecule has 2 aliphatic heterocycles. The highest BCUT2D eigenvalue weighted by Crippen LogP contribution is 2.60. The van der Waals surface area contributed by atoms with Crippen molar-refractivity contribution in [3.8, 4) is 11.1 Å². The molecule has 3 aliphatic rings. The van der Waals surface area contributed by atoms with Gasteiger partial charge in [0.05, 0.1) is 30.3 Å². The first-order valence-corrected chi connectivity index (χ1v) is 17.0. The van der Waals surface area contributed by atoms with Gasteiger partial charge in [0.15, 0.2) is 11.6 Å². The van der Waals surface area contributed by atoms with Crippen LogP contribution in [0.1, 0.15) is 60.2 Å². The van der Waals surface area contributed by atoms with Crippen LogP contribution in [0.3, 0.4) is 0 Å². The fourth-order valence-electron chi connectivity index (χ4n) is 7.44. The van der Waals surface area contributed by atoms with E-state index in [1.807, 2.05) is 42.2 Å². The average Bonchev–Trinajstić information content (AvgIpc) is 3.44. The van der Waals surface area contributed by atoms with Gasteiger partial charge in [0.1, 0.15) is 22.7 Å². The molecule has 4 aromatic rings. The molecule has 5 heterocycles. The van der Waals surface area contributed by atoms with Gasteiger partial charge >= 0.3 is 0 Å². The Balaban J connectivity index is 1.20. The van der Waals surface area contributed by atoms with Crippen LogP contribution in [0.4, 0.5) is 0 Å². The van der Waals surface area contributed by atoms with E-state index in [0.29, 0.717) is 52.4 Å². The van der Waals surface area contributed by atoms with Crippen molar-refractivity contribution in [2.24, 2.45) is 5.41 Å². The van der Waals surface area contributed by atoms with Crippen LogP contribution in [0.15, 0.2) is 47.3 Å². The van der Waals surface area contributed by atoms with Gasteiger partial charge in [0, 0.05) is 54.9 Å². The van der Waals surface area contributed by atoms with E-state index < -0.39 is 6.04 Å². The molecular formula is C35H38BrN7O4. The monoisotopic (exact) mass is 699 g/mol. The Labute approximate surface area is 281 Å². The molecule has 7 rings (SSSR count). The van der Waals surface area contributed by atoms with Gasteiger partial charge in [-0.2, -0.15) is 5.10 Å². The number of likely N-dealkylation sites (tertiary alicyclic amines) is 1. The molecule has 2 fully saturated rings. The summed E-state index contributed by atoms with van der Waals surface area (Å²) < 4.78 is 8.23. The van der Waals surface area contributed by atoms with E-state index in [4.69, 9.17) is 4.74 Å².